The Balaban J connectivity index is 1.48. The number of rotatable bonds is 9. The third-order valence-corrected chi connectivity index (χ3v) is 6.00. The molecule has 0 saturated heterocycles. The van der Waals surface area contributed by atoms with E-state index >= 15 is 0 Å². The predicted molar refractivity (Wildman–Crippen MR) is 128 cm³/mol. The summed E-state index contributed by atoms with van der Waals surface area (Å²) in [6.07, 6.45) is 1.76. The summed E-state index contributed by atoms with van der Waals surface area (Å²) in [5.74, 6) is 1.57. The fraction of sp³-hybridized carbons (Fsp3) is 0.167. The molecule has 0 aliphatic rings. The lowest BCUT2D eigenvalue weighted by atomic mass is 10.1. The number of ether oxygens (including phenoxy) is 1. The van der Waals surface area contributed by atoms with Gasteiger partial charge in [-0.1, -0.05) is 47.6 Å². The monoisotopic (exact) mass is 464 g/mol. The SMILES string of the molecule is C=CCn1c(COc2cccc3ccc(C)nc23)nnc1SCC(=O)c1ccc(Cl)cc1. The minimum absolute atomic E-state index is 0.00480. The van der Waals surface area contributed by atoms with Crippen LogP contribution in [0.3, 0.4) is 0 Å². The molecule has 0 spiro atoms. The molecule has 0 fully saturated rings. The summed E-state index contributed by atoms with van der Waals surface area (Å²) in [5.41, 5.74) is 2.34. The number of aromatic nitrogens is 4. The number of thioether (sulfide) groups is 1. The second-order valence-corrected chi connectivity index (χ2v) is 8.46. The Kier molecular flexibility index (Phi) is 6.87. The molecule has 0 bridgehead atoms. The van der Waals surface area contributed by atoms with E-state index in [0.29, 0.717) is 33.9 Å². The zero-order valence-corrected chi connectivity index (χ0v) is 19.1. The number of fused-ring (bicyclic) bond motifs is 1. The summed E-state index contributed by atoms with van der Waals surface area (Å²) in [4.78, 5) is 17.1. The van der Waals surface area contributed by atoms with Crippen LogP contribution < -0.4 is 4.74 Å². The molecule has 0 aliphatic heterocycles. The maximum Gasteiger partial charge on any atom is 0.192 e. The summed E-state index contributed by atoms with van der Waals surface area (Å²) >= 11 is 7.23. The number of benzene rings is 2. The summed E-state index contributed by atoms with van der Waals surface area (Å²) in [5, 5.41) is 10.8. The number of aryl methyl sites for hydroxylation is 1. The number of carbonyl (C=O) groups excluding carboxylic acids is 1. The maximum atomic E-state index is 12.5. The van der Waals surface area contributed by atoms with Crippen molar-refractivity contribution in [1.29, 1.82) is 0 Å². The Bertz CT molecular complexity index is 1270. The number of halogens is 1. The fourth-order valence-electron chi connectivity index (χ4n) is 3.17. The summed E-state index contributed by atoms with van der Waals surface area (Å²) in [6.45, 7) is 6.51. The molecule has 162 valence electrons. The summed E-state index contributed by atoms with van der Waals surface area (Å²) < 4.78 is 7.96. The number of para-hydroxylation sites is 1. The van der Waals surface area contributed by atoms with Crippen LogP contribution >= 0.6 is 23.4 Å². The maximum absolute atomic E-state index is 12.5. The Morgan fingerprint density at radius 2 is 1.97 bits per heavy atom. The molecule has 32 heavy (non-hydrogen) atoms. The second-order valence-electron chi connectivity index (χ2n) is 7.09. The van der Waals surface area contributed by atoms with Gasteiger partial charge >= 0.3 is 0 Å². The van der Waals surface area contributed by atoms with E-state index in [-0.39, 0.29) is 18.1 Å². The van der Waals surface area contributed by atoms with Crippen LogP contribution in [0.15, 0.2) is 72.4 Å². The smallest absolute Gasteiger partial charge is 0.192 e. The topological polar surface area (TPSA) is 69.9 Å². The van der Waals surface area contributed by atoms with Gasteiger partial charge in [0.05, 0.1) is 5.75 Å². The highest BCUT2D eigenvalue weighted by molar-refractivity contribution is 7.99. The Labute approximate surface area is 195 Å². The molecular formula is C24H21ClN4O2S. The Morgan fingerprint density at radius 1 is 1.16 bits per heavy atom. The number of hydrogen-bond acceptors (Lipinski definition) is 6. The number of nitrogens with zero attached hydrogens (tertiary/aromatic N) is 4. The highest BCUT2D eigenvalue weighted by atomic mass is 35.5. The van der Waals surface area contributed by atoms with Gasteiger partial charge in [-0.2, -0.15) is 0 Å². The van der Waals surface area contributed by atoms with Crippen LogP contribution in [0.2, 0.25) is 5.02 Å². The quantitative estimate of drug-likeness (QED) is 0.184. The lowest BCUT2D eigenvalue weighted by molar-refractivity contribution is 0.102. The van der Waals surface area contributed by atoms with Crippen molar-refractivity contribution in [3.05, 3.63) is 89.4 Å². The first-order chi connectivity index (χ1) is 15.5. The number of ketones is 1. The van der Waals surface area contributed by atoms with Crippen LogP contribution in [-0.4, -0.2) is 31.3 Å². The number of pyridine rings is 1. The minimum Gasteiger partial charge on any atom is -0.483 e. The third-order valence-electron chi connectivity index (χ3n) is 4.78. The fourth-order valence-corrected chi connectivity index (χ4v) is 4.16. The van der Waals surface area contributed by atoms with Crippen molar-refractivity contribution in [2.24, 2.45) is 0 Å². The molecule has 8 heteroatoms. The molecule has 0 aliphatic carbocycles. The lowest BCUT2D eigenvalue weighted by Crippen LogP contribution is -2.09. The van der Waals surface area contributed by atoms with Crippen molar-refractivity contribution in [2.45, 2.75) is 25.2 Å². The second kappa shape index (κ2) is 9.97. The van der Waals surface area contributed by atoms with E-state index in [0.717, 1.165) is 16.6 Å². The standard InChI is InChI=1S/C24H21ClN4O2S/c1-3-13-29-22(14-31-21-6-4-5-18-8-7-16(2)26-23(18)21)27-28-24(29)32-15-20(30)17-9-11-19(25)12-10-17/h3-12H,1,13-15H2,2H3. The number of hydrogen-bond donors (Lipinski definition) is 0. The van der Waals surface area contributed by atoms with Crippen molar-refractivity contribution < 1.29 is 9.53 Å². The van der Waals surface area contributed by atoms with E-state index in [1.807, 2.05) is 41.8 Å². The van der Waals surface area contributed by atoms with Crippen molar-refractivity contribution >= 4 is 40.0 Å². The van der Waals surface area contributed by atoms with Crippen LogP contribution in [-0.2, 0) is 13.2 Å². The largest absolute Gasteiger partial charge is 0.483 e. The third kappa shape index (κ3) is 5.00. The molecule has 4 rings (SSSR count). The molecule has 0 saturated carbocycles. The summed E-state index contributed by atoms with van der Waals surface area (Å²) in [7, 11) is 0. The predicted octanol–water partition coefficient (Wildman–Crippen LogP) is 5.53. The van der Waals surface area contributed by atoms with Gasteiger partial charge in [0.2, 0.25) is 0 Å². The van der Waals surface area contributed by atoms with Gasteiger partial charge in [-0.05, 0) is 43.3 Å². The zero-order chi connectivity index (χ0) is 22.5. The Hall–Kier alpha value is -3.16. The van der Waals surface area contributed by atoms with Crippen LogP contribution in [0, 0.1) is 6.92 Å². The first-order valence-corrected chi connectivity index (χ1v) is 11.3. The van der Waals surface area contributed by atoms with E-state index < -0.39 is 0 Å². The van der Waals surface area contributed by atoms with Gasteiger partial charge in [-0.15, -0.1) is 16.8 Å². The molecular weight excluding hydrogens is 444 g/mol. The van der Waals surface area contributed by atoms with Crippen LogP contribution in [0.25, 0.3) is 10.9 Å². The van der Waals surface area contributed by atoms with E-state index in [2.05, 4.69) is 21.8 Å². The van der Waals surface area contributed by atoms with Gasteiger partial charge in [0, 0.05) is 28.2 Å². The average Bonchev–Trinajstić information content (AvgIpc) is 3.18. The van der Waals surface area contributed by atoms with Crippen molar-refractivity contribution in [3.8, 4) is 5.75 Å². The molecule has 2 heterocycles. The molecule has 4 aromatic rings. The van der Waals surface area contributed by atoms with Crippen LogP contribution in [0.4, 0.5) is 0 Å². The zero-order valence-electron chi connectivity index (χ0n) is 17.5. The van der Waals surface area contributed by atoms with Crippen LogP contribution in [0.5, 0.6) is 5.75 Å². The normalized spacial score (nSPS) is 10.9. The molecule has 2 aromatic heterocycles. The molecule has 0 amide bonds. The van der Waals surface area contributed by atoms with Gasteiger partial charge in [-0.3, -0.25) is 9.36 Å². The van der Waals surface area contributed by atoms with Gasteiger partial charge in [-0.25, -0.2) is 4.98 Å². The number of allylic oxidation sites excluding steroid dienone is 1. The molecule has 6 nitrogen and oxygen atoms in total. The van der Waals surface area contributed by atoms with Crippen molar-refractivity contribution in [2.75, 3.05) is 5.75 Å². The Morgan fingerprint density at radius 3 is 2.75 bits per heavy atom. The first kappa shape index (κ1) is 22.0. The lowest BCUT2D eigenvalue weighted by Gasteiger charge is -2.11. The van der Waals surface area contributed by atoms with Crippen molar-refractivity contribution in [3.63, 3.8) is 0 Å². The van der Waals surface area contributed by atoms with Gasteiger partial charge in [0.1, 0.15) is 17.9 Å². The highest BCUT2D eigenvalue weighted by Gasteiger charge is 2.15. The first-order valence-electron chi connectivity index (χ1n) is 9.99. The highest BCUT2D eigenvalue weighted by Crippen LogP contribution is 2.25. The molecule has 0 unspecified atom stereocenters. The van der Waals surface area contributed by atoms with Gasteiger partial charge in [0.15, 0.2) is 16.8 Å². The average molecular weight is 465 g/mol. The number of carbonyl (C=O) groups is 1. The molecule has 0 atom stereocenters. The van der Waals surface area contributed by atoms with E-state index in [9.17, 15) is 4.79 Å². The van der Waals surface area contributed by atoms with Crippen LogP contribution in [0.1, 0.15) is 21.9 Å². The van der Waals surface area contributed by atoms with Gasteiger partial charge < -0.3 is 4.74 Å². The molecule has 0 N–H and O–H groups in total. The van der Waals surface area contributed by atoms with E-state index in [1.165, 1.54) is 11.8 Å². The van der Waals surface area contributed by atoms with E-state index in [1.54, 1.807) is 30.3 Å². The number of Topliss-reactive ketones (excluding diaryl/α,β-unsaturated/α-hetero) is 1. The molecule has 0 radical (unpaired) electrons. The van der Waals surface area contributed by atoms with Gasteiger partial charge in [0.25, 0.3) is 0 Å². The van der Waals surface area contributed by atoms with E-state index in [4.69, 9.17) is 16.3 Å². The minimum atomic E-state index is -0.00480. The van der Waals surface area contributed by atoms with Crippen molar-refractivity contribution in [1.82, 2.24) is 19.7 Å². The summed E-state index contributed by atoms with van der Waals surface area (Å²) in [6, 6.07) is 16.7. The molecule has 2 aromatic carbocycles.